The van der Waals surface area contributed by atoms with E-state index < -0.39 is 0 Å². The van der Waals surface area contributed by atoms with Crippen LogP contribution in [-0.2, 0) is 0 Å². The van der Waals surface area contributed by atoms with Gasteiger partial charge in [0.15, 0.2) is 0 Å². The lowest BCUT2D eigenvalue weighted by molar-refractivity contribution is 0.119. The highest BCUT2D eigenvalue weighted by molar-refractivity contribution is 4.82. The topological polar surface area (TPSA) is 12.0 Å². The molecular formula is C12H27N. The van der Waals surface area contributed by atoms with E-state index >= 15 is 0 Å². The summed E-state index contributed by atoms with van der Waals surface area (Å²) in [6, 6.07) is 0.607. The zero-order valence-corrected chi connectivity index (χ0v) is 10.5. The van der Waals surface area contributed by atoms with Crippen molar-refractivity contribution in [1.29, 1.82) is 0 Å². The molecule has 0 heterocycles. The average molecular weight is 185 g/mol. The number of nitrogens with one attached hydrogen (secondary N) is 1. The Morgan fingerprint density at radius 3 is 1.77 bits per heavy atom. The molecule has 0 radical (unpaired) electrons. The molecule has 1 heteroatoms. The van der Waals surface area contributed by atoms with Crippen LogP contribution in [0.5, 0.6) is 0 Å². The van der Waals surface area contributed by atoms with E-state index in [0.717, 1.165) is 6.54 Å². The van der Waals surface area contributed by atoms with E-state index in [1.165, 1.54) is 6.42 Å². The molecule has 0 aromatic carbocycles. The van der Waals surface area contributed by atoms with Gasteiger partial charge in [-0.2, -0.15) is 0 Å². The monoisotopic (exact) mass is 185 g/mol. The Labute approximate surface area is 84.3 Å². The van der Waals surface area contributed by atoms with E-state index in [0.29, 0.717) is 16.9 Å². The van der Waals surface area contributed by atoms with Crippen LogP contribution in [0.1, 0.15) is 54.9 Å². The Morgan fingerprint density at radius 1 is 1.00 bits per heavy atom. The number of hydrogen-bond donors (Lipinski definition) is 1. The second-order valence-corrected chi connectivity index (χ2v) is 5.99. The lowest BCUT2D eigenvalue weighted by Gasteiger charge is -2.39. The maximum absolute atomic E-state index is 3.47. The van der Waals surface area contributed by atoms with Crippen molar-refractivity contribution < 1.29 is 0 Å². The lowest BCUT2D eigenvalue weighted by atomic mass is 9.67. The van der Waals surface area contributed by atoms with Gasteiger partial charge in [-0.1, -0.05) is 48.5 Å². The molecule has 0 bridgehead atoms. The summed E-state index contributed by atoms with van der Waals surface area (Å²) in [6.45, 7) is 17.2. The largest absolute Gasteiger partial charge is 0.315 e. The predicted octanol–water partition coefficient (Wildman–Crippen LogP) is 3.45. The second kappa shape index (κ2) is 4.45. The molecule has 0 spiro atoms. The van der Waals surface area contributed by atoms with Crippen LogP contribution in [0.3, 0.4) is 0 Å². The zero-order valence-electron chi connectivity index (χ0n) is 10.5. The van der Waals surface area contributed by atoms with Crippen molar-refractivity contribution >= 4 is 0 Å². The van der Waals surface area contributed by atoms with Gasteiger partial charge in [-0.05, 0) is 23.8 Å². The van der Waals surface area contributed by atoms with Gasteiger partial charge in [0.1, 0.15) is 0 Å². The van der Waals surface area contributed by atoms with Gasteiger partial charge in [-0.3, -0.25) is 0 Å². The first-order valence-electron chi connectivity index (χ1n) is 5.40. The Bertz CT molecular complexity index is 140. The molecule has 13 heavy (non-hydrogen) atoms. The van der Waals surface area contributed by atoms with Crippen molar-refractivity contribution in [1.82, 2.24) is 5.32 Å². The number of hydrogen-bond acceptors (Lipinski definition) is 1. The summed E-state index contributed by atoms with van der Waals surface area (Å²) >= 11 is 0. The predicted molar refractivity (Wildman–Crippen MR) is 61.0 cm³/mol. The quantitative estimate of drug-likeness (QED) is 0.707. The smallest absolute Gasteiger partial charge is 0.00103 e. The van der Waals surface area contributed by atoms with Crippen LogP contribution >= 0.6 is 0 Å². The van der Waals surface area contributed by atoms with Gasteiger partial charge < -0.3 is 5.32 Å². The van der Waals surface area contributed by atoms with E-state index in [4.69, 9.17) is 0 Å². The van der Waals surface area contributed by atoms with Gasteiger partial charge in [0.05, 0.1) is 0 Å². The maximum atomic E-state index is 3.47. The van der Waals surface area contributed by atoms with Crippen LogP contribution in [0.4, 0.5) is 0 Å². The van der Waals surface area contributed by atoms with Gasteiger partial charge in [0, 0.05) is 6.04 Å². The highest BCUT2D eigenvalue weighted by atomic mass is 14.9. The van der Waals surface area contributed by atoms with Gasteiger partial charge in [0.25, 0.3) is 0 Å². The summed E-state index contributed by atoms with van der Waals surface area (Å²) in [4.78, 5) is 0. The van der Waals surface area contributed by atoms with Crippen molar-refractivity contribution in [3.05, 3.63) is 0 Å². The molecule has 0 aromatic heterocycles. The molecule has 80 valence electrons. The van der Waals surface area contributed by atoms with Crippen molar-refractivity contribution in [3.8, 4) is 0 Å². The molecule has 0 aliphatic heterocycles. The summed E-state index contributed by atoms with van der Waals surface area (Å²) in [5, 5.41) is 3.47. The van der Waals surface area contributed by atoms with Crippen LogP contribution in [0, 0.1) is 10.8 Å². The van der Waals surface area contributed by atoms with E-state index in [1.807, 2.05) is 0 Å². The van der Waals surface area contributed by atoms with Crippen molar-refractivity contribution in [2.45, 2.75) is 60.9 Å². The second-order valence-electron chi connectivity index (χ2n) is 5.99. The molecule has 0 aliphatic carbocycles. The third kappa shape index (κ3) is 4.66. The van der Waals surface area contributed by atoms with E-state index in [2.05, 4.69) is 53.8 Å². The molecule has 0 fully saturated rings. The summed E-state index contributed by atoms with van der Waals surface area (Å²) in [6.07, 6.45) is 1.24. The minimum Gasteiger partial charge on any atom is -0.315 e. The fraction of sp³-hybridized carbons (Fsp3) is 1.00. The van der Waals surface area contributed by atoms with Crippen molar-refractivity contribution in [3.63, 3.8) is 0 Å². The minimum absolute atomic E-state index is 0.395. The fourth-order valence-electron chi connectivity index (χ4n) is 1.05. The SMILES string of the molecule is CC(C)NCCC(C)(C)C(C)(C)C. The van der Waals surface area contributed by atoms with Crippen molar-refractivity contribution in [2.75, 3.05) is 6.54 Å². The molecule has 0 aromatic rings. The Morgan fingerprint density at radius 2 is 1.46 bits per heavy atom. The molecule has 0 saturated heterocycles. The molecule has 0 rings (SSSR count). The first-order valence-corrected chi connectivity index (χ1v) is 5.40. The van der Waals surface area contributed by atoms with Crippen LogP contribution in [0.25, 0.3) is 0 Å². The van der Waals surface area contributed by atoms with Gasteiger partial charge in [0.2, 0.25) is 0 Å². The highest BCUT2D eigenvalue weighted by Crippen LogP contribution is 2.40. The molecule has 1 N–H and O–H groups in total. The molecule has 0 unspecified atom stereocenters. The maximum Gasteiger partial charge on any atom is 0.00103 e. The third-order valence-electron chi connectivity index (χ3n) is 3.33. The minimum atomic E-state index is 0.395. The Balaban J connectivity index is 3.90. The summed E-state index contributed by atoms with van der Waals surface area (Å²) in [5.41, 5.74) is 0.806. The third-order valence-corrected chi connectivity index (χ3v) is 3.33. The van der Waals surface area contributed by atoms with E-state index in [1.54, 1.807) is 0 Å². The molecular weight excluding hydrogens is 158 g/mol. The highest BCUT2D eigenvalue weighted by Gasteiger charge is 2.31. The summed E-state index contributed by atoms with van der Waals surface area (Å²) < 4.78 is 0. The first-order chi connectivity index (χ1) is 5.67. The molecule has 0 atom stereocenters. The van der Waals surface area contributed by atoms with Crippen LogP contribution < -0.4 is 5.32 Å². The van der Waals surface area contributed by atoms with Gasteiger partial charge in [-0.15, -0.1) is 0 Å². The molecule has 0 amide bonds. The summed E-state index contributed by atoms with van der Waals surface area (Å²) in [7, 11) is 0. The lowest BCUT2D eigenvalue weighted by Crippen LogP contribution is -2.34. The number of rotatable bonds is 4. The molecule has 0 saturated carbocycles. The van der Waals surface area contributed by atoms with Gasteiger partial charge >= 0.3 is 0 Å². The van der Waals surface area contributed by atoms with Crippen molar-refractivity contribution in [2.24, 2.45) is 10.8 Å². The Kier molecular flexibility index (Phi) is 4.44. The van der Waals surface area contributed by atoms with Gasteiger partial charge in [-0.25, -0.2) is 0 Å². The standard InChI is InChI=1S/C12H27N/c1-10(2)13-9-8-12(6,7)11(3,4)5/h10,13H,8-9H2,1-7H3. The average Bonchev–Trinajstić information content (AvgIpc) is 1.82. The molecule has 0 aliphatic rings. The van der Waals surface area contributed by atoms with Crippen LogP contribution in [0.2, 0.25) is 0 Å². The fourth-order valence-corrected chi connectivity index (χ4v) is 1.05. The van der Waals surface area contributed by atoms with E-state index in [-0.39, 0.29) is 0 Å². The van der Waals surface area contributed by atoms with Crippen LogP contribution in [-0.4, -0.2) is 12.6 Å². The van der Waals surface area contributed by atoms with E-state index in [9.17, 15) is 0 Å². The normalized spacial score (nSPS) is 13.8. The Hall–Kier alpha value is -0.0400. The first kappa shape index (κ1) is 13.0. The molecule has 1 nitrogen and oxygen atoms in total. The summed E-state index contributed by atoms with van der Waals surface area (Å²) in [5.74, 6) is 0. The zero-order chi connectivity index (χ0) is 10.7. The van der Waals surface area contributed by atoms with Crippen LogP contribution in [0.15, 0.2) is 0 Å².